The normalized spacial score (nSPS) is 12.2. The summed E-state index contributed by atoms with van der Waals surface area (Å²) >= 11 is 1.86. The van der Waals surface area contributed by atoms with Gasteiger partial charge in [0.2, 0.25) is 0 Å². The summed E-state index contributed by atoms with van der Waals surface area (Å²) in [4.78, 5) is 4.91. The molecule has 262 valence electrons. The molecule has 0 saturated carbocycles. The molecule has 11 aromatic rings. The molecule has 0 saturated heterocycles. The Morgan fingerprint density at radius 1 is 0.411 bits per heavy atom. The Bertz CT molecular complexity index is 3330. The molecule has 9 aromatic carbocycles. The fourth-order valence-corrected chi connectivity index (χ4v) is 9.86. The number of hydrogen-bond donors (Lipinski definition) is 0. The summed E-state index contributed by atoms with van der Waals surface area (Å²) in [5.74, 6) is 0. The molecule has 0 fully saturated rings. The van der Waals surface area contributed by atoms with E-state index in [1.54, 1.807) is 0 Å². The first-order valence-electron chi connectivity index (χ1n) is 19.0. The largest absolute Gasteiger partial charge is 0.456 e. The van der Waals surface area contributed by atoms with Crippen LogP contribution >= 0.6 is 11.8 Å². The molecular weight excluding hydrogens is 701 g/mol. The van der Waals surface area contributed by atoms with Crippen molar-refractivity contribution in [3.8, 4) is 27.9 Å². The molecule has 2 aromatic heterocycles. The van der Waals surface area contributed by atoms with Crippen molar-refractivity contribution in [2.45, 2.75) is 9.79 Å². The number of benzene rings is 9. The van der Waals surface area contributed by atoms with Crippen molar-refractivity contribution in [2.24, 2.45) is 0 Å². The molecule has 12 rings (SSSR count). The van der Waals surface area contributed by atoms with Crippen molar-refractivity contribution < 1.29 is 4.42 Å². The van der Waals surface area contributed by atoms with Gasteiger partial charge in [0.05, 0.1) is 16.7 Å². The van der Waals surface area contributed by atoms with Crippen LogP contribution in [-0.2, 0) is 0 Å². The first-order chi connectivity index (χ1) is 27.7. The number of anilines is 3. The van der Waals surface area contributed by atoms with E-state index in [9.17, 15) is 0 Å². The number of rotatable bonds is 5. The summed E-state index contributed by atoms with van der Waals surface area (Å²) in [6, 6.07) is 70.2. The van der Waals surface area contributed by atoms with Gasteiger partial charge in [-0.05, 0) is 99.8 Å². The van der Waals surface area contributed by atoms with Crippen LogP contribution in [0, 0.1) is 0 Å². The third kappa shape index (κ3) is 4.79. The smallest absolute Gasteiger partial charge is 0.137 e. The van der Waals surface area contributed by atoms with E-state index >= 15 is 0 Å². The van der Waals surface area contributed by atoms with Crippen LogP contribution < -0.4 is 4.90 Å². The van der Waals surface area contributed by atoms with Crippen molar-refractivity contribution in [3.63, 3.8) is 0 Å². The maximum atomic E-state index is 6.39. The highest BCUT2D eigenvalue weighted by molar-refractivity contribution is 7.99. The highest BCUT2D eigenvalue weighted by atomic mass is 32.2. The zero-order chi connectivity index (χ0) is 36.7. The van der Waals surface area contributed by atoms with Crippen LogP contribution in [0.2, 0.25) is 0 Å². The molecule has 3 nitrogen and oxygen atoms in total. The number of furan rings is 1. The highest BCUT2D eigenvalue weighted by Crippen LogP contribution is 2.47. The predicted molar refractivity (Wildman–Crippen MR) is 235 cm³/mol. The Balaban J connectivity index is 0.974. The lowest BCUT2D eigenvalue weighted by Crippen LogP contribution is -2.09. The quantitative estimate of drug-likeness (QED) is 0.176. The molecule has 0 bridgehead atoms. The number of fused-ring (bicyclic) bond motifs is 9. The van der Waals surface area contributed by atoms with Crippen LogP contribution in [0.1, 0.15) is 0 Å². The summed E-state index contributed by atoms with van der Waals surface area (Å²) in [5, 5.41) is 7.32. The minimum atomic E-state index is 0.873. The van der Waals surface area contributed by atoms with Gasteiger partial charge in [0, 0.05) is 54.5 Å². The number of para-hydroxylation sites is 3. The lowest BCUT2D eigenvalue weighted by molar-refractivity contribution is 0.669. The molecule has 3 heterocycles. The minimum absolute atomic E-state index is 0.873. The zero-order valence-electron chi connectivity index (χ0n) is 30.2. The molecule has 0 N–H and O–H groups in total. The number of nitrogens with zero attached hydrogens (tertiary/aromatic N) is 2. The molecule has 1 aliphatic rings. The molecule has 0 amide bonds. The third-order valence-corrected chi connectivity index (χ3v) is 12.5. The minimum Gasteiger partial charge on any atom is -0.456 e. The van der Waals surface area contributed by atoms with E-state index in [1.807, 2.05) is 23.9 Å². The van der Waals surface area contributed by atoms with E-state index in [2.05, 4.69) is 191 Å². The van der Waals surface area contributed by atoms with Gasteiger partial charge in [-0.15, -0.1) is 0 Å². The van der Waals surface area contributed by atoms with E-state index in [-0.39, 0.29) is 0 Å². The van der Waals surface area contributed by atoms with Gasteiger partial charge in [-0.1, -0.05) is 133 Å². The molecule has 0 unspecified atom stereocenters. The second-order valence-electron chi connectivity index (χ2n) is 14.5. The number of aromatic nitrogens is 1. The summed E-state index contributed by atoms with van der Waals surface area (Å²) in [7, 11) is 0. The Hall–Kier alpha value is -7.01. The van der Waals surface area contributed by atoms with E-state index in [0.29, 0.717) is 0 Å². The molecule has 0 radical (unpaired) electrons. The van der Waals surface area contributed by atoms with Crippen molar-refractivity contribution >= 4 is 83.3 Å². The van der Waals surface area contributed by atoms with Crippen LogP contribution in [0.4, 0.5) is 17.1 Å². The molecular formula is C52H32N2OS. The van der Waals surface area contributed by atoms with Gasteiger partial charge in [-0.3, -0.25) is 0 Å². The van der Waals surface area contributed by atoms with Gasteiger partial charge < -0.3 is 13.9 Å². The van der Waals surface area contributed by atoms with E-state index < -0.39 is 0 Å². The molecule has 1 aliphatic heterocycles. The van der Waals surface area contributed by atoms with Gasteiger partial charge in [0.25, 0.3) is 0 Å². The lowest BCUT2D eigenvalue weighted by atomic mass is 9.98. The molecule has 0 atom stereocenters. The topological polar surface area (TPSA) is 21.3 Å². The number of hydrogen-bond acceptors (Lipinski definition) is 3. The van der Waals surface area contributed by atoms with Crippen LogP contribution in [0.3, 0.4) is 0 Å². The average molecular weight is 733 g/mol. The van der Waals surface area contributed by atoms with Gasteiger partial charge in [0.15, 0.2) is 0 Å². The lowest BCUT2D eigenvalue weighted by Gasteiger charge is -2.26. The third-order valence-electron chi connectivity index (χ3n) is 11.4. The Kier molecular flexibility index (Phi) is 6.86. The molecule has 0 spiro atoms. The SMILES string of the molecule is c1ccc2c(c1)Sc1cccc3c4ccc(-c5ccc(N(c6ccc(-c7cccc8ccccc78)cc6)c6ccc7c(c6)oc6ccccc67)cc5)cc4n-2c13. The standard InChI is InChI=1S/C52H32N2OS/c1-2-11-40-34(9-1)10-7-13-41(40)35-21-26-38(27-22-35)53(39-28-30-44-43-12-3-5-16-48(43)55-49(44)32-39)37-24-19-33(20-25-37)36-23-29-42-45-14-8-18-51-52(45)54(47(42)31-36)46-15-4-6-17-50(46)56-51/h1-32H. The van der Waals surface area contributed by atoms with Crippen molar-refractivity contribution in [1.29, 1.82) is 0 Å². The van der Waals surface area contributed by atoms with Gasteiger partial charge in [-0.2, -0.15) is 0 Å². The van der Waals surface area contributed by atoms with Crippen molar-refractivity contribution in [2.75, 3.05) is 4.90 Å². The van der Waals surface area contributed by atoms with Crippen LogP contribution in [0.25, 0.3) is 82.5 Å². The zero-order valence-corrected chi connectivity index (χ0v) is 31.0. The monoisotopic (exact) mass is 732 g/mol. The average Bonchev–Trinajstić information content (AvgIpc) is 3.80. The van der Waals surface area contributed by atoms with Crippen molar-refractivity contribution in [1.82, 2.24) is 4.57 Å². The summed E-state index contributed by atoms with van der Waals surface area (Å²) < 4.78 is 8.85. The van der Waals surface area contributed by atoms with Gasteiger partial charge in [0.1, 0.15) is 11.2 Å². The van der Waals surface area contributed by atoms with Crippen LogP contribution in [0.5, 0.6) is 0 Å². The van der Waals surface area contributed by atoms with Gasteiger partial charge in [-0.25, -0.2) is 0 Å². The van der Waals surface area contributed by atoms with E-state index in [0.717, 1.165) is 39.0 Å². The Labute approximate surface area is 327 Å². The Morgan fingerprint density at radius 3 is 1.91 bits per heavy atom. The summed E-state index contributed by atoms with van der Waals surface area (Å²) in [6.45, 7) is 0. The van der Waals surface area contributed by atoms with Crippen molar-refractivity contribution in [3.05, 3.63) is 194 Å². The summed E-state index contributed by atoms with van der Waals surface area (Å²) in [6.07, 6.45) is 0. The van der Waals surface area contributed by atoms with Crippen LogP contribution in [0.15, 0.2) is 208 Å². The van der Waals surface area contributed by atoms with E-state index in [1.165, 1.54) is 70.3 Å². The van der Waals surface area contributed by atoms with Crippen LogP contribution in [-0.4, -0.2) is 4.57 Å². The highest BCUT2D eigenvalue weighted by Gasteiger charge is 2.23. The first-order valence-corrected chi connectivity index (χ1v) is 19.8. The molecule has 56 heavy (non-hydrogen) atoms. The molecule has 0 aliphatic carbocycles. The Morgan fingerprint density at radius 2 is 1.04 bits per heavy atom. The maximum absolute atomic E-state index is 6.39. The van der Waals surface area contributed by atoms with Gasteiger partial charge >= 0.3 is 0 Å². The second kappa shape index (κ2) is 12.3. The fourth-order valence-electron chi connectivity index (χ4n) is 8.77. The first kappa shape index (κ1) is 31.4. The predicted octanol–water partition coefficient (Wildman–Crippen LogP) is 15.1. The summed E-state index contributed by atoms with van der Waals surface area (Å²) in [5.41, 5.74) is 13.5. The second-order valence-corrected chi connectivity index (χ2v) is 15.6. The molecule has 4 heteroatoms. The maximum Gasteiger partial charge on any atom is 0.137 e. The fraction of sp³-hybridized carbons (Fsp3) is 0. The van der Waals surface area contributed by atoms with E-state index in [4.69, 9.17) is 4.42 Å².